The molecule has 22 heavy (non-hydrogen) atoms. The lowest BCUT2D eigenvalue weighted by Gasteiger charge is -2.53. The van der Waals surface area contributed by atoms with Crippen molar-refractivity contribution in [3.05, 3.63) is 0 Å². The van der Waals surface area contributed by atoms with Crippen LogP contribution in [-0.2, 0) is 14.2 Å². The summed E-state index contributed by atoms with van der Waals surface area (Å²) in [6.45, 7) is 8.25. The Kier molecular flexibility index (Phi) is 3.90. The lowest BCUT2D eigenvalue weighted by Crippen LogP contribution is -2.68. The standard InChI is InChI=1S/C16H27NO5/c1-14(2,3)22-13(18)17-9-16(19,10-17)12-4-6-21-15(8-12)5-7-20-11-15/h12,19H,4-11H2,1-3H3. The Labute approximate surface area is 131 Å². The highest BCUT2D eigenvalue weighted by Gasteiger charge is 2.54. The third-order valence-corrected chi connectivity index (χ3v) is 4.90. The van der Waals surface area contributed by atoms with Gasteiger partial charge in [0.25, 0.3) is 0 Å². The Bertz CT molecular complexity index is 432. The summed E-state index contributed by atoms with van der Waals surface area (Å²) in [6, 6.07) is 0. The lowest BCUT2D eigenvalue weighted by atomic mass is 9.72. The largest absolute Gasteiger partial charge is 0.444 e. The fourth-order valence-electron chi connectivity index (χ4n) is 3.68. The Balaban J connectivity index is 1.56. The van der Waals surface area contributed by atoms with Gasteiger partial charge in [-0.2, -0.15) is 0 Å². The molecule has 3 rings (SSSR count). The number of rotatable bonds is 1. The van der Waals surface area contributed by atoms with Gasteiger partial charge >= 0.3 is 6.09 Å². The lowest BCUT2D eigenvalue weighted by molar-refractivity contribution is -0.183. The first kappa shape index (κ1) is 16.0. The van der Waals surface area contributed by atoms with Crippen LogP contribution in [0.25, 0.3) is 0 Å². The number of hydrogen-bond donors (Lipinski definition) is 1. The van der Waals surface area contributed by atoms with E-state index in [-0.39, 0.29) is 17.6 Å². The topological polar surface area (TPSA) is 68.2 Å². The average molecular weight is 313 g/mol. The van der Waals surface area contributed by atoms with E-state index in [2.05, 4.69) is 0 Å². The van der Waals surface area contributed by atoms with Crippen LogP contribution in [0.15, 0.2) is 0 Å². The minimum Gasteiger partial charge on any atom is -0.444 e. The Morgan fingerprint density at radius 2 is 2.05 bits per heavy atom. The number of ether oxygens (including phenoxy) is 3. The molecule has 0 saturated carbocycles. The van der Waals surface area contributed by atoms with Crippen LogP contribution < -0.4 is 0 Å². The molecule has 0 aromatic carbocycles. The molecule has 126 valence electrons. The quantitative estimate of drug-likeness (QED) is 0.795. The molecule has 3 heterocycles. The van der Waals surface area contributed by atoms with E-state index < -0.39 is 11.2 Å². The zero-order valence-corrected chi connectivity index (χ0v) is 13.8. The predicted molar refractivity (Wildman–Crippen MR) is 79.6 cm³/mol. The maximum atomic E-state index is 12.0. The molecule has 0 aromatic heterocycles. The SMILES string of the molecule is CC(C)(C)OC(=O)N1CC(O)(C2CCOC3(CCOC3)C2)C1. The van der Waals surface area contributed by atoms with Crippen molar-refractivity contribution in [3.8, 4) is 0 Å². The third kappa shape index (κ3) is 3.09. The second-order valence-corrected chi connectivity index (χ2v) is 7.96. The summed E-state index contributed by atoms with van der Waals surface area (Å²) >= 11 is 0. The number of carbonyl (C=O) groups excluding carboxylic acids is 1. The molecule has 0 aromatic rings. The summed E-state index contributed by atoms with van der Waals surface area (Å²) in [7, 11) is 0. The zero-order valence-electron chi connectivity index (χ0n) is 13.8. The molecule has 0 bridgehead atoms. The molecule has 0 radical (unpaired) electrons. The van der Waals surface area contributed by atoms with Gasteiger partial charge in [-0.15, -0.1) is 0 Å². The van der Waals surface area contributed by atoms with Crippen LogP contribution in [0.2, 0.25) is 0 Å². The van der Waals surface area contributed by atoms with Crippen LogP contribution in [-0.4, -0.2) is 65.8 Å². The van der Waals surface area contributed by atoms with Crippen LogP contribution in [0.5, 0.6) is 0 Å². The van der Waals surface area contributed by atoms with E-state index in [1.54, 1.807) is 4.90 Å². The fraction of sp³-hybridized carbons (Fsp3) is 0.938. The zero-order chi connectivity index (χ0) is 16.0. The minimum atomic E-state index is -0.809. The molecule has 3 aliphatic rings. The van der Waals surface area contributed by atoms with Crippen molar-refractivity contribution in [2.45, 2.75) is 56.8 Å². The Morgan fingerprint density at radius 1 is 1.32 bits per heavy atom. The highest BCUT2D eigenvalue weighted by Crippen LogP contribution is 2.43. The van der Waals surface area contributed by atoms with Crippen LogP contribution in [0.1, 0.15) is 40.0 Å². The highest BCUT2D eigenvalue weighted by molar-refractivity contribution is 5.69. The van der Waals surface area contributed by atoms with Crippen molar-refractivity contribution in [1.29, 1.82) is 0 Å². The summed E-state index contributed by atoms with van der Waals surface area (Å²) in [5.74, 6) is 0.154. The van der Waals surface area contributed by atoms with Gasteiger partial charge in [0.05, 0.1) is 25.3 Å². The molecule has 3 saturated heterocycles. The molecule has 3 aliphatic heterocycles. The number of carbonyl (C=O) groups is 1. The van der Waals surface area contributed by atoms with Crippen LogP contribution in [0.3, 0.4) is 0 Å². The van der Waals surface area contributed by atoms with Gasteiger partial charge in [-0.25, -0.2) is 4.79 Å². The molecule has 2 unspecified atom stereocenters. The van der Waals surface area contributed by atoms with E-state index in [1.807, 2.05) is 20.8 Å². The second kappa shape index (κ2) is 5.35. The molecular weight excluding hydrogens is 286 g/mol. The monoisotopic (exact) mass is 313 g/mol. The number of nitrogens with zero attached hydrogens (tertiary/aromatic N) is 1. The van der Waals surface area contributed by atoms with Gasteiger partial charge in [0.15, 0.2) is 0 Å². The van der Waals surface area contributed by atoms with Crippen molar-refractivity contribution in [3.63, 3.8) is 0 Å². The Morgan fingerprint density at radius 3 is 2.64 bits per heavy atom. The summed E-state index contributed by atoms with van der Waals surface area (Å²) in [4.78, 5) is 13.6. The second-order valence-electron chi connectivity index (χ2n) is 7.96. The highest BCUT2D eigenvalue weighted by atomic mass is 16.6. The van der Waals surface area contributed by atoms with Crippen molar-refractivity contribution in [1.82, 2.24) is 4.90 Å². The van der Waals surface area contributed by atoms with E-state index in [9.17, 15) is 9.90 Å². The number of hydrogen-bond acceptors (Lipinski definition) is 5. The van der Waals surface area contributed by atoms with Gasteiger partial charge in [-0.1, -0.05) is 0 Å². The van der Waals surface area contributed by atoms with E-state index in [4.69, 9.17) is 14.2 Å². The normalized spacial score (nSPS) is 34.5. The molecule has 3 fully saturated rings. The molecule has 6 nitrogen and oxygen atoms in total. The van der Waals surface area contributed by atoms with Gasteiger partial charge in [-0.3, -0.25) is 0 Å². The Hall–Kier alpha value is -0.850. The number of β-amino-alcohol motifs (C(OH)–C–C–N with tert-alkyl or cyclic N) is 1. The van der Waals surface area contributed by atoms with Crippen molar-refractivity contribution in [2.75, 3.05) is 32.9 Å². The van der Waals surface area contributed by atoms with E-state index in [0.29, 0.717) is 26.3 Å². The minimum absolute atomic E-state index is 0.154. The van der Waals surface area contributed by atoms with Crippen LogP contribution >= 0.6 is 0 Å². The van der Waals surface area contributed by atoms with Crippen LogP contribution in [0, 0.1) is 5.92 Å². The summed E-state index contributed by atoms with van der Waals surface area (Å²) in [5.41, 5.74) is -1.53. The van der Waals surface area contributed by atoms with Crippen LogP contribution in [0.4, 0.5) is 4.79 Å². The van der Waals surface area contributed by atoms with E-state index >= 15 is 0 Å². The number of likely N-dealkylation sites (tertiary alicyclic amines) is 1. The summed E-state index contributed by atoms with van der Waals surface area (Å²) in [5, 5.41) is 10.9. The molecule has 6 heteroatoms. The molecule has 0 aliphatic carbocycles. The average Bonchev–Trinajstić information content (AvgIpc) is 2.81. The predicted octanol–water partition coefficient (Wildman–Crippen LogP) is 1.55. The molecule has 1 spiro atoms. The van der Waals surface area contributed by atoms with Crippen molar-refractivity contribution in [2.24, 2.45) is 5.92 Å². The first-order chi connectivity index (χ1) is 10.2. The maximum Gasteiger partial charge on any atom is 0.410 e. The third-order valence-electron chi connectivity index (χ3n) is 4.90. The number of aliphatic hydroxyl groups is 1. The van der Waals surface area contributed by atoms with Crippen molar-refractivity contribution < 1.29 is 24.1 Å². The van der Waals surface area contributed by atoms with E-state index in [1.165, 1.54) is 0 Å². The van der Waals surface area contributed by atoms with E-state index in [0.717, 1.165) is 25.9 Å². The first-order valence-corrected chi connectivity index (χ1v) is 8.14. The fourth-order valence-corrected chi connectivity index (χ4v) is 3.68. The van der Waals surface area contributed by atoms with Gasteiger partial charge in [-0.05, 0) is 39.5 Å². The van der Waals surface area contributed by atoms with Gasteiger partial charge in [0.2, 0.25) is 0 Å². The summed E-state index contributed by atoms with van der Waals surface area (Å²) < 4.78 is 16.7. The summed E-state index contributed by atoms with van der Waals surface area (Å²) in [6.07, 6.45) is 2.20. The maximum absolute atomic E-state index is 12.0. The smallest absolute Gasteiger partial charge is 0.410 e. The van der Waals surface area contributed by atoms with Gasteiger partial charge in [0.1, 0.15) is 11.2 Å². The number of amides is 1. The van der Waals surface area contributed by atoms with Gasteiger partial charge in [0, 0.05) is 19.6 Å². The molecule has 1 amide bonds. The molecular formula is C16H27NO5. The molecule has 1 N–H and O–H groups in total. The van der Waals surface area contributed by atoms with Crippen molar-refractivity contribution >= 4 is 6.09 Å². The first-order valence-electron chi connectivity index (χ1n) is 8.14. The van der Waals surface area contributed by atoms with Gasteiger partial charge < -0.3 is 24.2 Å². The molecule has 2 atom stereocenters.